The number of esters is 1. The topological polar surface area (TPSA) is 29.5 Å². The molecule has 0 aromatic rings. The van der Waals surface area contributed by atoms with E-state index in [2.05, 4.69) is 36.5 Å². The van der Waals surface area contributed by atoms with Crippen molar-refractivity contribution in [2.24, 2.45) is 5.92 Å². The molecule has 2 unspecified atom stereocenters. The highest BCUT2D eigenvalue weighted by molar-refractivity contribution is 6.73. The number of carbonyl (C=O) groups excluding carboxylic acids is 1. The Kier molecular flexibility index (Phi) is 3.96. The Morgan fingerprint density at radius 1 is 1.38 bits per heavy atom. The van der Waals surface area contributed by atoms with E-state index in [9.17, 15) is 4.79 Å². The van der Waals surface area contributed by atoms with Crippen LogP contribution in [0.5, 0.6) is 0 Å². The molecule has 1 heterocycles. The predicted octanol–water partition coefficient (Wildman–Crippen LogP) is 2.38. The summed E-state index contributed by atoms with van der Waals surface area (Å²) in [5, 5.41) is 0. The molecule has 0 amide bonds. The molecule has 3 nitrogen and oxygen atoms in total. The lowest BCUT2D eigenvalue weighted by molar-refractivity contribution is -0.145. The average molecular weight is 239 g/mol. The van der Waals surface area contributed by atoms with Gasteiger partial charge < -0.3 is 9.30 Å². The molecule has 1 aliphatic rings. The Morgan fingerprint density at radius 2 is 2.00 bits per heavy atom. The van der Waals surface area contributed by atoms with Gasteiger partial charge in [0.1, 0.15) is 8.24 Å². The maximum Gasteiger partial charge on any atom is 0.310 e. The van der Waals surface area contributed by atoms with Crippen molar-refractivity contribution in [3.63, 3.8) is 0 Å². The molecule has 16 heavy (non-hydrogen) atoms. The number of ether oxygens (including phenoxy) is 1. The summed E-state index contributed by atoms with van der Waals surface area (Å²) in [7, 11) is -0.00883. The molecule has 4 heteroatoms. The van der Waals surface area contributed by atoms with Crippen molar-refractivity contribution in [1.29, 1.82) is 0 Å². The van der Waals surface area contributed by atoms with Crippen LogP contribution in [0.3, 0.4) is 0 Å². The van der Waals surface area contributed by atoms with Gasteiger partial charge in [-0.3, -0.25) is 4.79 Å². The molecule has 0 aliphatic carbocycles. The fourth-order valence-electron chi connectivity index (χ4n) is 1.92. The number of hydrogen-bond acceptors (Lipinski definition) is 3. The van der Waals surface area contributed by atoms with E-state index in [1.54, 1.807) is 0 Å². The third-order valence-electron chi connectivity index (χ3n) is 2.85. The fourth-order valence-corrected chi connectivity index (χ4v) is 3.65. The predicted molar refractivity (Wildman–Crippen MR) is 68.4 cm³/mol. The third kappa shape index (κ3) is 2.75. The van der Waals surface area contributed by atoms with Crippen LogP contribution in [0.2, 0.25) is 19.6 Å². The van der Waals surface area contributed by atoms with Gasteiger partial charge in [0, 0.05) is 0 Å². The summed E-state index contributed by atoms with van der Waals surface area (Å²) in [5.74, 6) is -0.272. The minimum atomic E-state index is -1.45. The van der Waals surface area contributed by atoms with Crippen LogP contribution in [0.1, 0.15) is 6.92 Å². The number of hydrogen-bond donors (Lipinski definition) is 0. The van der Waals surface area contributed by atoms with Crippen molar-refractivity contribution in [2.75, 3.05) is 7.11 Å². The molecule has 0 spiro atoms. The fraction of sp³-hybridized carbons (Fsp3) is 0.583. The summed E-state index contributed by atoms with van der Waals surface area (Å²) in [4.78, 5) is 11.6. The first-order valence-corrected chi connectivity index (χ1v) is 9.04. The second kappa shape index (κ2) is 4.87. The van der Waals surface area contributed by atoms with E-state index in [4.69, 9.17) is 4.74 Å². The van der Waals surface area contributed by atoms with Crippen LogP contribution in [0.4, 0.5) is 0 Å². The van der Waals surface area contributed by atoms with Gasteiger partial charge in [-0.05, 0) is 19.2 Å². The molecular weight excluding hydrogens is 218 g/mol. The number of allylic oxidation sites excluding steroid dienone is 2. The first kappa shape index (κ1) is 13.0. The molecule has 0 fully saturated rings. The smallest absolute Gasteiger partial charge is 0.310 e. The summed E-state index contributed by atoms with van der Waals surface area (Å²) in [5.41, 5.74) is 0. The Hall–Kier alpha value is -1.03. The van der Waals surface area contributed by atoms with Crippen LogP contribution in [-0.4, -0.2) is 31.9 Å². The molecule has 0 aromatic carbocycles. The quantitative estimate of drug-likeness (QED) is 0.559. The van der Waals surface area contributed by atoms with Crippen molar-refractivity contribution < 1.29 is 9.53 Å². The molecule has 0 bridgehead atoms. The lowest BCUT2D eigenvalue weighted by Crippen LogP contribution is -2.52. The van der Waals surface area contributed by atoms with Crippen molar-refractivity contribution in [2.45, 2.75) is 32.6 Å². The van der Waals surface area contributed by atoms with Gasteiger partial charge >= 0.3 is 5.97 Å². The van der Waals surface area contributed by atoms with Gasteiger partial charge in [-0.25, -0.2) is 0 Å². The lowest BCUT2D eigenvalue weighted by Gasteiger charge is -2.42. The summed E-state index contributed by atoms with van der Waals surface area (Å²) in [6.07, 6.45) is 8.20. The van der Waals surface area contributed by atoms with Gasteiger partial charge in [-0.15, -0.1) is 0 Å². The van der Waals surface area contributed by atoms with Crippen LogP contribution in [0.15, 0.2) is 24.4 Å². The zero-order chi connectivity index (χ0) is 12.3. The lowest BCUT2D eigenvalue weighted by atomic mass is 10.0. The van der Waals surface area contributed by atoms with E-state index < -0.39 is 8.24 Å². The summed E-state index contributed by atoms with van der Waals surface area (Å²) in [6, 6.07) is 0.129. The molecule has 1 aliphatic heterocycles. The van der Waals surface area contributed by atoms with Crippen LogP contribution in [0.25, 0.3) is 0 Å². The first-order valence-electron chi connectivity index (χ1n) is 5.59. The monoisotopic (exact) mass is 239 g/mol. The van der Waals surface area contributed by atoms with E-state index in [-0.39, 0.29) is 17.9 Å². The average Bonchev–Trinajstić information content (AvgIpc) is 2.26. The van der Waals surface area contributed by atoms with E-state index in [1.165, 1.54) is 7.11 Å². The number of methoxy groups -OCH3 is 1. The van der Waals surface area contributed by atoms with Crippen LogP contribution in [0, 0.1) is 5.92 Å². The van der Waals surface area contributed by atoms with Gasteiger partial charge in [0.05, 0.1) is 19.1 Å². The molecule has 2 atom stereocenters. The number of nitrogens with zero attached hydrogens (tertiary/aromatic N) is 1. The van der Waals surface area contributed by atoms with Crippen LogP contribution in [-0.2, 0) is 9.53 Å². The molecule has 90 valence electrons. The van der Waals surface area contributed by atoms with Crippen molar-refractivity contribution in [3.8, 4) is 0 Å². The zero-order valence-corrected chi connectivity index (χ0v) is 11.7. The summed E-state index contributed by atoms with van der Waals surface area (Å²) >= 11 is 0. The first-order chi connectivity index (χ1) is 7.38. The van der Waals surface area contributed by atoms with Gasteiger partial charge in [0.15, 0.2) is 0 Å². The van der Waals surface area contributed by atoms with Gasteiger partial charge in [0.2, 0.25) is 0 Å². The van der Waals surface area contributed by atoms with Gasteiger partial charge in [0.25, 0.3) is 0 Å². The third-order valence-corrected chi connectivity index (χ3v) is 4.84. The van der Waals surface area contributed by atoms with Crippen LogP contribution >= 0.6 is 0 Å². The Morgan fingerprint density at radius 3 is 2.50 bits per heavy atom. The van der Waals surface area contributed by atoms with E-state index >= 15 is 0 Å². The molecule has 0 aromatic heterocycles. The minimum Gasteiger partial charge on any atom is -0.469 e. The van der Waals surface area contributed by atoms with Crippen molar-refractivity contribution >= 4 is 14.2 Å². The molecule has 0 saturated heterocycles. The molecule has 0 saturated carbocycles. The number of carbonyl (C=O) groups is 1. The highest BCUT2D eigenvalue weighted by Gasteiger charge is 2.34. The van der Waals surface area contributed by atoms with E-state index in [0.717, 1.165) is 0 Å². The van der Waals surface area contributed by atoms with Gasteiger partial charge in [-0.1, -0.05) is 31.8 Å². The highest BCUT2D eigenvalue weighted by Crippen LogP contribution is 2.24. The SMILES string of the molecule is COC(=O)C(C)C1C=CC=CN1[Si](C)(C)C. The normalized spacial score (nSPS) is 22.1. The van der Waals surface area contributed by atoms with Crippen LogP contribution < -0.4 is 0 Å². The van der Waals surface area contributed by atoms with Crippen molar-refractivity contribution in [1.82, 2.24) is 4.57 Å². The van der Waals surface area contributed by atoms with Gasteiger partial charge in [-0.2, -0.15) is 0 Å². The van der Waals surface area contributed by atoms with E-state index in [0.29, 0.717) is 0 Å². The molecule has 0 radical (unpaired) electrons. The Balaban J connectivity index is 2.89. The second-order valence-corrected chi connectivity index (χ2v) is 9.96. The number of rotatable bonds is 3. The van der Waals surface area contributed by atoms with E-state index in [1.807, 2.05) is 19.1 Å². The van der Waals surface area contributed by atoms with Crippen molar-refractivity contribution in [3.05, 3.63) is 24.4 Å². The standard InChI is InChI=1S/C12H21NO2Si/c1-10(12(14)15-2)11-8-6-7-9-13(11)16(3,4)5/h6-11H,1-5H3. The maximum atomic E-state index is 11.6. The molecular formula is C12H21NO2Si. The minimum absolute atomic E-state index is 0.127. The summed E-state index contributed by atoms with van der Waals surface area (Å²) in [6.45, 7) is 8.74. The summed E-state index contributed by atoms with van der Waals surface area (Å²) < 4.78 is 7.15. The maximum absolute atomic E-state index is 11.6. The molecule has 0 N–H and O–H groups in total. The second-order valence-electron chi connectivity index (χ2n) is 5.11. The largest absolute Gasteiger partial charge is 0.469 e. The Bertz CT molecular complexity index is 317. The zero-order valence-electron chi connectivity index (χ0n) is 10.7. The Labute approximate surface area is 98.9 Å². The molecule has 1 rings (SSSR count). The highest BCUT2D eigenvalue weighted by atomic mass is 28.3.